The summed E-state index contributed by atoms with van der Waals surface area (Å²) in [5.41, 5.74) is -0.208. The Morgan fingerprint density at radius 1 is 1.32 bits per heavy atom. The lowest BCUT2D eigenvalue weighted by molar-refractivity contribution is -0.286. The molecule has 25 heavy (non-hydrogen) atoms. The van der Waals surface area contributed by atoms with E-state index in [0.717, 1.165) is 4.57 Å². The molecule has 0 radical (unpaired) electrons. The highest BCUT2D eigenvalue weighted by Gasteiger charge is 2.43. The van der Waals surface area contributed by atoms with Crippen LogP contribution in [0.1, 0.15) is 5.56 Å². The number of allylic oxidation sites excluding steroid dienone is 1. The van der Waals surface area contributed by atoms with Crippen LogP contribution in [-0.2, 0) is 22.8 Å². The van der Waals surface area contributed by atoms with Crippen LogP contribution in [0, 0.1) is 0 Å². The van der Waals surface area contributed by atoms with Crippen LogP contribution in [0.2, 0.25) is 0 Å². The Labute approximate surface area is 140 Å². The maximum atomic E-state index is 13.0. The Morgan fingerprint density at radius 2 is 2.04 bits per heavy atom. The van der Waals surface area contributed by atoms with E-state index in [1.165, 1.54) is 24.3 Å². The van der Waals surface area contributed by atoms with Gasteiger partial charge in [-0.3, -0.25) is 4.57 Å². The number of ether oxygens (including phenoxy) is 2. The highest BCUT2D eigenvalue weighted by atomic mass is 32.2. The fourth-order valence-corrected chi connectivity index (χ4v) is 3.69. The van der Waals surface area contributed by atoms with Crippen molar-refractivity contribution < 1.29 is 26.7 Å². The average Bonchev–Trinajstić information content (AvgIpc) is 3.04. The van der Waals surface area contributed by atoms with E-state index in [4.69, 9.17) is 0 Å². The van der Waals surface area contributed by atoms with Gasteiger partial charge in [0.1, 0.15) is 0 Å². The molecule has 1 N–H and O–H groups in total. The fourth-order valence-electron chi connectivity index (χ4n) is 2.32. The molecule has 0 aliphatic carbocycles. The number of aryl methyl sites for hydroxylation is 1. The zero-order chi connectivity index (χ0) is 18.2. The van der Waals surface area contributed by atoms with Crippen LogP contribution in [0.4, 0.5) is 8.78 Å². The van der Waals surface area contributed by atoms with Crippen LogP contribution in [0.5, 0.6) is 11.5 Å². The second-order valence-corrected chi connectivity index (χ2v) is 7.23. The largest absolute Gasteiger partial charge is 0.586 e. The number of aromatic amines is 1. The summed E-state index contributed by atoms with van der Waals surface area (Å²) in [6.07, 6.45) is -2.35. The summed E-state index contributed by atoms with van der Waals surface area (Å²) in [6, 6.07) is 4.02. The zero-order valence-corrected chi connectivity index (χ0v) is 13.6. The molecule has 0 amide bonds. The van der Waals surface area contributed by atoms with Crippen molar-refractivity contribution in [3.05, 3.63) is 46.9 Å². The van der Waals surface area contributed by atoms with E-state index in [1.54, 1.807) is 0 Å². The number of nitrogens with one attached hydrogen (secondary N) is 1. The standard InChI is InChI=1S/C14H13F2N3O5S/c1-2-6-19-12(20)17-18-13(19)25(21,22)7-5-9-3-4-10-11(8-9)24-14(15,16)23-10/h2-4,8H,1,5-7H2,(H,17,20). The van der Waals surface area contributed by atoms with Crippen molar-refractivity contribution in [2.75, 3.05) is 5.75 Å². The molecule has 0 saturated heterocycles. The van der Waals surface area contributed by atoms with Gasteiger partial charge in [-0.25, -0.2) is 18.3 Å². The first-order chi connectivity index (χ1) is 11.7. The number of rotatable bonds is 6. The van der Waals surface area contributed by atoms with E-state index < -0.39 is 27.0 Å². The van der Waals surface area contributed by atoms with E-state index in [9.17, 15) is 22.0 Å². The molecule has 0 atom stereocenters. The highest BCUT2D eigenvalue weighted by molar-refractivity contribution is 7.91. The Balaban J connectivity index is 1.78. The molecule has 0 unspecified atom stereocenters. The predicted molar refractivity (Wildman–Crippen MR) is 81.4 cm³/mol. The van der Waals surface area contributed by atoms with Gasteiger partial charge in [0.15, 0.2) is 11.5 Å². The molecule has 0 saturated carbocycles. The first-order valence-corrected chi connectivity index (χ1v) is 8.75. The van der Waals surface area contributed by atoms with Crippen molar-refractivity contribution in [2.24, 2.45) is 0 Å². The third-order valence-corrected chi connectivity index (χ3v) is 5.05. The van der Waals surface area contributed by atoms with E-state index in [0.29, 0.717) is 5.56 Å². The summed E-state index contributed by atoms with van der Waals surface area (Å²) in [6.45, 7) is 3.44. The van der Waals surface area contributed by atoms with Crippen molar-refractivity contribution in [2.45, 2.75) is 24.4 Å². The van der Waals surface area contributed by atoms with Gasteiger partial charge in [0.25, 0.3) is 0 Å². The number of hydrogen-bond acceptors (Lipinski definition) is 6. The molecule has 1 aromatic carbocycles. The molecule has 3 rings (SSSR count). The van der Waals surface area contributed by atoms with Crippen molar-refractivity contribution in [1.82, 2.24) is 14.8 Å². The number of nitrogens with zero attached hydrogens (tertiary/aromatic N) is 2. The molecule has 0 spiro atoms. The molecule has 1 aliphatic rings. The average molecular weight is 373 g/mol. The quantitative estimate of drug-likeness (QED) is 0.761. The molecule has 8 nitrogen and oxygen atoms in total. The van der Waals surface area contributed by atoms with Crippen LogP contribution in [0.25, 0.3) is 0 Å². The lowest BCUT2D eigenvalue weighted by Gasteiger charge is -2.06. The monoisotopic (exact) mass is 373 g/mol. The van der Waals surface area contributed by atoms with Gasteiger partial charge in [-0.1, -0.05) is 12.1 Å². The number of benzene rings is 1. The van der Waals surface area contributed by atoms with Gasteiger partial charge < -0.3 is 9.47 Å². The fraction of sp³-hybridized carbons (Fsp3) is 0.286. The Bertz CT molecular complexity index is 981. The van der Waals surface area contributed by atoms with Gasteiger partial charge in [-0.15, -0.1) is 20.5 Å². The third-order valence-electron chi connectivity index (χ3n) is 3.44. The first-order valence-electron chi connectivity index (χ1n) is 7.09. The predicted octanol–water partition coefficient (Wildman–Crippen LogP) is 1.10. The van der Waals surface area contributed by atoms with Gasteiger partial charge in [0, 0.05) is 6.54 Å². The van der Waals surface area contributed by atoms with Crippen molar-refractivity contribution in [3.8, 4) is 11.5 Å². The van der Waals surface area contributed by atoms with Gasteiger partial charge in [0.05, 0.1) is 5.75 Å². The number of aromatic nitrogens is 3. The summed E-state index contributed by atoms with van der Waals surface area (Å²) in [5.74, 6) is -0.656. The Hall–Kier alpha value is -2.69. The summed E-state index contributed by atoms with van der Waals surface area (Å²) in [5, 5.41) is 5.22. The maximum absolute atomic E-state index is 13.0. The third kappa shape index (κ3) is 3.40. The zero-order valence-electron chi connectivity index (χ0n) is 12.7. The molecule has 2 aromatic rings. The van der Waals surface area contributed by atoms with Crippen LogP contribution < -0.4 is 15.2 Å². The van der Waals surface area contributed by atoms with Gasteiger partial charge >= 0.3 is 12.0 Å². The second-order valence-electron chi connectivity index (χ2n) is 5.23. The van der Waals surface area contributed by atoms with Crippen LogP contribution >= 0.6 is 0 Å². The SMILES string of the molecule is C=CCn1c(S(=O)(=O)CCc2ccc3c(c2)OC(F)(F)O3)n[nH]c1=O. The van der Waals surface area contributed by atoms with Gasteiger partial charge in [0.2, 0.25) is 15.0 Å². The van der Waals surface area contributed by atoms with E-state index in [1.807, 2.05) is 0 Å². The summed E-state index contributed by atoms with van der Waals surface area (Å²) in [7, 11) is -3.87. The summed E-state index contributed by atoms with van der Waals surface area (Å²) in [4.78, 5) is 11.6. The number of sulfone groups is 1. The number of hydrogen-bond donors (Lipinski definition) is 1. The van der Waals surface area contributed by atoms with Crippen molar-refractivity contribution >= 4 is 9.84 Å². The van der Waals surface area contributed by atoms with Crippen molar-refractivity contribution in [1.29, 1.82) is 0 Å². The van der Waals surface area contributed by atoms with Crippen molar-refractivity contribution in [3.63, 3.8) is 0 Å². The second kappa shape index (κ2) is 5.99. The minimum atomic E-state index is -3.87. The summed E-state index contributed by atoms with van der Waals surface area (Å²) < 4.78 is 60.3. The summed E-state index contributed by atoms with van der Waals surface area (Å²) >= 11 is 0. The smallest absolute Gasteiger partial charge is 0.395 e. The number of halogens is 2. The lowest BCUT2D eigenvalue weighted by atomic mass is 10.1. The van der Waals surface area contributed by atoms with Crippen LogP contribution in [0.3, 0.4) is 0 Å². The minimum absolute atomic E-state index is 0.0109. The Morgan fingerprint density at radius 3 is 2.76 bits per heavy atom. The van der Waals surface area contributed by atoms with E-state index >= 15 is 0 Å². The van der Waals surface area contributed by atoms with Gasteiger partial charge in [-0.2, -0.15) is 0 Å². The normalized spacial score (nSPS) is 15.3. The topological polar surface area (TPSA) is 103 Å². The van der Waals surface area contributed by atoms with Gasteiger partial charge in [-0.05, 0) is 24.1 Å². The molecule has 2 heterocycles. The molecule has 0 bridgehead atoms. The minimum Gasteiger partial charge on any atom is -0.395 e. The maximum Gasteiger partial charge on any atom is 0.586 e. The molecule has 11 heteroatoms. The lowest BCUT2D eigenvalue weighted by Crippen LogP contribution is -2.25. The van der Waals surface area contributed by atoms with Crippen LogP contribution in [-0.4, -0.2) is 35.2 Å². The molecule has 134 valence electrons. The molecule has 1 aromatic heterocycles. The number of alkyl halides is 2. The molecular weight excluding hydrogens is 360 g/mol. The highest BCUT2D eigenvalue weighted by Crippen LogP contribution is 2.41. The van der Waals surface area contributed by atoms with E-state index in [-0.39, 0.29) is 30.2 Å². The molecular formula is C14H13F2N3O5S. The molecule has 0 fully saturated rings. The number of fused-ring (bicyclic) bond motifs is 1. The number of H-pyrrole nitrogens is 1. The molecule has 1 aliphatic heterocycles. The van der Waals surface area contributed by atoms with Crippen LogP contribution in [0.15, 0.2) is 40.8 Å². The van der Waals surface area contributed by atoms with E-state index in [2.05, 4.69) is 26.3 Å². The Kier molecular flexibility index (Phi) is 4.11. The first kappa shape index (κ1) is 17.1.